The third-order valence-corrected chi connectivity index (χ3v) is 4.50. The van der Waals surface area contributed by atoms with Gasteiger partial charge in [-0.1, -0.05) is 35.5 Å². The normalized spacial score (nSPS) is 10.8. The molecule has 1 heterocycles. The maximum atomic E-state index is 13.7. The first-order valence-corrected chi connectivity index (χ1v) is 8.46. The topological polar surface area (TPSA) is 90.0 Å². The van der Waals surface area contributed by atoms with Crippen molar-refractivity contribution in [3.63, 3.8) is 0 Å². The van der Waals surface area contributed by atoms with Crippen LogP contribution in [0.2, 0.25) is 5.02 Å². The molecule has 9 heteroatoms. The molecule has 0 aliphatic carbocycles. The van der Waals surface area contributed by atoms with Gasteiger partial charge in [-0.2, -0.15) is 0 Å². The number of amides is 1. The Labute approximate surface area is 150 Å². The third-order valence-electron chi connectivity index (χ3n) is 3.31. The van der Waals surface area contributed by atoms with E-state index in [4.69, 9.17) is 17.4 Å². The average molecular weight is 379 g/mol. The molecule has 0 spiro atoms. The molecule has 2 aromatic carbocycles. The minimum Gasteiger partial charge on any atom is -0.334 e. The number of rotatable bonds is 4. The predicted octanol–water partition coefficient (Wildman–Crippen LogP) is 2.63. The minimum atomic E-state index is -0.634. The zero-order chi connectivity index (χ0) is 18.0. The largest absolute Gasteiger partial charge is 0.334 e. The molecule has 0 aliphatic heterocycles. The van der Waals surface area contributed by atoms with E-state index in [9.17, 15) is 14.0 Å². The molecule has 0 radical (unpaired) electrons. The van der Waals surface area contributed by atoms with Crippen LogP contribution in [-0.2, 0) is 4.79 Å². The van der Waals surface area contributed by atoms with Crippen LogP contribution in [0.3, 0.4) is 0 Å². The number of fused-ring (bicyclic) bond motifs is 1. The second kappa shape index (κ2) is 7.12. The highest BCUT2D eigenvalue weighted by Crippen LogP contribution is 2.20. The minimum absolute atomic E-state index is 0.0200. The van der Waals surface area contributed by atoms with E-state index in [1.807, 2.05) is 0 Å². The summed E-state index contributed by atoms with van der Waals surface area (Å²) in [6, 6.07) is 10.7. The summed E-state index contributed by atoms with van der Waals surface area (Å²) in [4.78, 5) is 28.5. The Kier molecular flexibility index (Phi) is 4.91. The summed E-state index contributed by atoms with van der Waals surface area (Å²) in [5.41, 5.74) is 0.102. The number of nitrogens with two attached hydrogens (primary N) is 1. The monoisotopic (exact) mass is 378 g/mol. The number of benzene rings is 2. The quantitative estimate of drug-likeness (QED) is 0.414. The smallest absolute Gasteiger partial charge is 0.280 e. The first-order chi connectivity index (χ1) is 12.0. The van der Waals surface area contributed by atoms with Crippen LogP contribution < -0.4 is 16.7 Å². The van der Waals surface area contributed by atoms with E-state index in [1.165, 1.54) is 12.1 Å². The summed E-state index contributed by atoms with van der Waals surface area (Å²) in [6.07, 6.45) is 0. The highest BCUT2D eigenvalue weighted by Gasteiger charge is 2.12. The van der Waals surface area contributed by atoms with Crippen molar-refractivity contribution in [1.29, 1.82) is 0 Å². The zero-order valence-electron chi connectivity index (χ0n) is 12.7. The van der Waals surface area contributed by atoms with Crippen LogP contribution in [-0.4, -0.2) is 21.3 Å². The number of nitrogens with zero attached hydrogens (tertiary/aromatic N) is 2. The fourth-order valence-corrected chi connectivity index (χ4v) is 3.01. The van der Waals surface area contributed by atoms with Crippen LogP contribution in [0.5, 0.6) is 0 Å². The van der Waals surface area contributed by atoms with Gasteiger partial charge in [0, 0.05) is 5.02 Å². The summed E-state index contributed by atoms with van der Waals surface area (Å²) in [5.74, 6) is 4.55. The summed E-state index contributed by atoms with van der Waals surface area (Å²) in [6.45, 7) is 0. The molecule has 0 saturated carbocycles. The lowest BCUT2D eigenvalue weighted by Crippen LogP contribution is -2.30. The molecular weight excluding hydrogens is 367 g/mol. The molecular formula is C16H12ClFN4O2S. The van der Waals surface area contributed by atoms with Crippen molar-refractivity contribution in [2.75, 3.05) is 16.9 Å². The van der Waals surface area contributed by atoms with E-state index in [2.05, 4.69) is 10.3 Å². The van der Waals surface area contributed by atoms with Crippen LogP contribution in [0.1, 0.15) is 0 Å². The van der Waals surface area contributed by atoms with Gasteiger partial charge in [-0.3, -0.25) is 9.59 Å². The number of aromatic nitrogens is 2. The molecule has 3 N–H and O–H groups in total. The van der Waals surface area contributed by atoms with Gasteiger partial charge in [0.2, 0.25) is 5.91 Å². The number of hydrogen-bond acceptors (Lipinski definition) is 5. The van der Waals surface area contributed by atoms with Crippen molar-refractivity contribution in [2.24, 2.45) is 0 Å². The standard InChI is InChI=1S/C16H12ClFN4O2S/c17-9-5-6-13(11(18)7-9)20-14(23)8-25-16-21-12-4-2-1-3-10(12)15(24)22(16)19/h1-7H,8,19H2,(H,20,23). The SMILES string of the molecule is Nn1c(SCC(=O)Nc2ccc(Cl)cc2F)nc2ccccc2c1=O. The van der Waals surface area contributed by atoms with Gasteiger partial charge >= 0.3 is 0 Å². The molecule has 3 aromatic rings. The maximum Gasteiger partial charge on any atom is 0.280 e. The van der Waals surface area contributed by atoms with Crippen molar-refractivity contribution in [2.45, 2.75) is 5.16 Å². The van der Waals surface area contributed by atoms with Gasteiger partial charge in [-0.05, 0) is 30.3 Å². The first-order valence-electron chi connectivity index (χ1n) is 7.10. The molecule has 0 fully saturated rings. The molecule has 3 rings (SSSR count). The van der Waals surface area contributed by atoms with Crippen LogP contribution in [0, 0.1) is 5.82 Å². The van der Waals surface area contributed by atoms with Gasteiger partial charge in [0.15, 0.2) is 5.16 Å². The van der Waals surface area contributed by atoms with E-state index in [-0.39, 0.29) is 21.6 Å². The number of para-hydroxylation sites is 1. The fraction of sp³-hybridized carbons (Fsp3) is 0.0625. The van der Waals surface area contributed by atoms with E-state index >= 15 is 0 Å². The fourth-order valence-electron chi connectivity index (χ4n) is 2.13. The third kappa shape index (κ3) is 3.75. The lowest BCUT2D eigenvalue weighted by molar-refractivity contribution is -0.113. The molecule has 25 heavy (non-hydrogen) atoms. The number of nitrogens with one attached hydrogen (secondary N) is 1. The second-order valence-corrected chi connectivity index (χ2v) is 6.43. The molecule has 0 aliphatic rings. The highest BCUT2D eigenvalue weighted by molar-refractivity contribution is 7.99. The van der Waals surface area contributed by atoms with Crippen LogP contribution >= 0.6 is 23.4 Å². The van der Waals surface area contributed by atoms with Crippen molar-refractivity contribution in [3.05, 3.63) is 63.7 Å². The molecule has 128 valence electrons. The Morgan fingerprint density at radius 1 is 1.32 bits per heavy atom. The maximum absolute atomic E-state index is 13.7. The van der Waals surface area contributed by atoms with E-state index in [0.29, 0.717) is 10.9 Å². The van der Waals surface area contributed by atoms with Gasteiger partial charge in [0.25, 0.3) is 5.56 Å². The number of nitrogen functional groups attached to an aromatic ring is 1. The molecule has 0 saturated heterocycles. The van der Waals surface area contributed by atoms with Gasteiger partial charge < -0.3 is 11.2 Å². The van der Waals surface area contributed by atoms with Crippen LogP contribution in [0.15, 0.2) is 52.4 Å². The average Bonchev–Trinajstić information content (AvgIpc) is 2.59. The highest BCUT2D eigenvalue weighted by atomic mass is 35.5. The Balaban J connectivity index is 1.75. The Morgan fingerprint density at radius 3 is 2.84 bits per heavy atom. The second-order valence-electron chi connectivity index (χ2n) is 5.05. The van der Waals surface area contributed by atoms with Gasteiger partial charge in [-0.25, -0.2) is 14.1 Å². The van der Waals surface area contributed by atoms with E-state index < -0.39 is 17.3 Å². The van der Waals surface area contributed by atoms with Crippen molar-refractivity contribution in [1.82, 2.24) is 9.66 Å². The Hall–Kier alpha value is -2.58. The molecule has 1 aromatic heterocycles. The predicted molar refractivity (Wildman–Crippen MR) is 96.9 cm³/mol. The number of hydrogen-bond donors (Lipinski definition) is 2. The molecule has 6 nitrogen and oxygen atoms in total. The summed E-state index contributed by atoms with van der Waals surface area (Å²) in [5, 5.41) is 3.24. The number of halogens is 2. The summed E-state index contributed by atoms with van der Waals surface area (Å²) < 4.78 is 14.6. The molecule has 1 amide bonds. The van der Waals surface area contributed by atoms with E-state index in [1.54, 1.807) is 24.3 Å². The Bertz CT molecular complexity index is 1020. The lowest BCUT2D eigenvalue weighted by Gasteiger charge is -2.09. The van der Waals surface area contributed by atoms with Gasteiger partial charge in [-0.15, -0.1) is 0 Å². The van der Waals surface area contributed by atoms with Crippen LogP contribution in [0.4, 0.5) is 10.1 Å². The van der Waals surface area contributed by atoms with Crippen molar-refractivity contribution >= 4 is 45.9 Å². The zero-order valence-corrected chi connectivity index (χ0v) is 14.3. The number of thioether (sulfide) groups is 1. The Morgan fingerprint density at radius 2 is 2.08 bits per heavy atom. The first kappa shape index (κ1) is 17.2. The molecule has 0 atom stereocenters. The summed E-state index contributed by atoms with van der Waals surface area (Å²) >= 11 is 6.64. The molecule has 0 bridgehead atoms. The van der Waals surface area contributed by atoms with Crippen LogP contribution in [0.25, 0.3) is 10.9 Å². The van der Waals surface area contributed by atoms with Gasteiger partial charge in [0.05, 0.1) is 22.3 Å². The van der Waals surface area contributed by atoms with Crippen molar-refractivity contribution in [3.8, 4) is 0 Å². The molecule has 0 unspecified atom stereocenters. The number of carbonyl (C=O) groups excluding carboxylic acids is 1. The number of anilines is 1. The number of carbonyl (C=O) groups is 1. The van der Waals surface area contributed by atoms with E-state index in [0.717, 1.165) is 22.5 Å². The summed E-state index contributed by atoms with van der Waals surface area (Å²) in [7, 11) is 0. The van der Waals surface area contributed by atoms with Gasteiger partial charge in [0.1, 0.15) is 5.82 Å². The van der Waals surface area contributed by atoms with Crippen molar-refractivity contribution < 1.29 is 9.18 Å². The lowest BCUT2D eigenvalue weighted by atomic mass is 10.2.